The molecule has 0 saturated carbocycles. The summed E-state index contributed by atoms with van der Waals surface area (Å²) in [7, 11) is 1.62. The molecule has 0 radical (unpaired) electrons. The predicted octanol–water partition coefficient (Wildman–Crippen LogP) is 1.92. The van der Waals surface area contributed by atoms with E-state index in [0.717, 1.165) is 36.7 Å². The Morgan fingerprint density at radius 2 is 2.28 bits per heavy atom. The van der Waals surface area contributed by atoms with E-state index < -0.39 is 6.10 Å². The summed E-state index contributed by atoms with van der Waals surface area (Å²) >= 11 is 0. The van der Waals surface area contributed by atoms with Crippen LogP contribution in [0.25, 0.3) is 0 Å². The van der Waals surface area contributed by atoms with Crippen molar-refractivity contribution in [1.29, 1.82) is 0 Å². The summed E-state index contributed by atoms with van der Waals surface area (Å²) in [5, 5.41) is 10.2. The SMILES string of the molecule is COc1ccc2c(c1)[C@H](O)CC(C1CCOC1)O2. The second-order valence-corrected chi connectivity index (χ2v) is 4.94. The average Bonchev–Trinajstić information content (AvgIpc) is 2.92. The standard InChI is InChI=1S/C14H18O4/c1-16-10-2-3-13-11(6-10)12(15)7-14(18-13)9-4-5-17-8-9/h2-3,6,9,12,14-15H,4-5,7-8H2,1H3/t9?,12-,14?/m1/s1. The summed E-state index contributed by atoms with van der Waals surface area (Å²) in [5.74, 6) is 1.92. The Hall–Kier alpha value is -1.26. The lowest BCUT2D eigenvalue weighted by Crippen LogP contribution is -2.33. The quantitative estimate of drug-likeness (QED) is 0.871. The van der Waals surface area contributed by atoms with Crippen LogP contribution < -0.4 is 9.47 Å². The van der Waals surface area contributed by atoms with Gasteiger partial charge in [0.2, 0.25) is 0 Å². The molecule has 2 aliphatic rings. The van der Waals surface area contributed by atoms with Crippen molar-refractivity contribution >= 4 is 0 Å². The van der Waals surface area contributed by atoms with E-state index in [0.29, 0.717) is 12.3 Å². The van der Waals surface area contributed by atoms with Crippen LogP contribution in [-0.4, -0.2) is 31.5 Å². The molecule has 2 unspecified atom stereocenters. The van der Waals surface area contributed by atoms with Crippen molar-refractivity contribution in [2.45, 2.75) is 25.0 Å². The van der Waals surface area contributed by atoms with E-state index in [1.165, 1.54) is 0 Å². The molecule has 0 spiro atoms. The number of ether oxygens (including phenoxy) is 3. The zero-order valence-electron chi connectivity index (χ0n) is 10.5. The van der Waals surface area contributed by atoms with Gasteiger partial charge >= 0.3 is 0 Å². The lowest BCUT2D eigenvalue weighted by Gasteiger charge is -2.32. The number of hydrogen-bond acceptors (Lipinski definition) is 4. The predicted molar refractivity (Wildman–Crippen MR) is 65.9 cm³/mol. The molecular formula is C14H18O4. The monoisotopic (exact) mass is 250 g/mol. The Morgan fingerprint density at radius 3 is 3.00 bits per heavy atom. The summed E-state index contributed by atoms with van der Waals surface area (Å²) < 4.78 is 16.5. The van der Waals surface area contributed by atoms with Gasteiger partial charge in [0, 0.05) is 24.5 Å². The molecule has 3 atom stereocenters. The first-order valence-corrected chi connectivity index (χ1v) is 6.38. The van der Waals surface area contributed by atoms with Gasteiger partial charge in [0.1, 0.15) is 17.6 Å². The van der Waals surface area contributed by atoms with E-state index in [1.54, 1.807) is 7.11 Å². The Bertz CT molecular complexity index is 426. The molecule has 3 rings (SSSR count). The van der Waals surface area contributed by atoms with E-state index in [2.05, 4.69) is 0 Å². The summed E-state index contributed by atoms with van der Waals surface area (Å²) in [6.45, 7) is 1.54. The maximum Gasteiger partial charge on any atom is 0.125 e. The molecule has 4 heteroatoms. The zero-order valence-corrected chi connectivity index (χ0v) is 10.5. The van der Waals surface area contributed by atoms with Crippen molar-refractivity contribution in [3.05, 3.63) is 23.8 Å². The molecule has 98 valence electrons. The molecule has 1 aromatic carbocycles. The molecule has 4 nitrogen and oxygen atoms in total. The third-order valence-corrected chi connectivity index (χ3v) is 3.80. The van der Waals surface area contributed by atoms with Gasteiger partial charge < -0.3 is 19.3 Å². The number of aliphatic hydroxyl groups is 1. The fraction of sp³-hybridized carbons (Fsp3) is 0.571. The summed E-state index contributed by atoms with van der Waals surface area (Å²) in [4.78, 5) is 0. The first kappa shape index (κ1) is 11.8. The Labute approximate surface area is 106 Å². The van der Waals surface area contributed by atoms with Crippen molar-refractivity contribution in [1.82, 2.24) is 0 Å². The maximum absolute atomic E-state index is 10.2. The van der Waals surface area contributed by atoms with E-state index in [-0.39, 0.29) is 6.10 Å². The smallest absolute Gasteiger partial charge is 0.125 e. The molecule has 1 N–H and O–H groups in total. The largest absolute Gasteiger partial charge is 0.497 e. The minimum atomic E-state index is -0.477. The minimum absolute atomic E-state index is 0.0587. The van der Waals surface area contributed by atoms with Gasteiger partial charge in [-0.25, -0.2) is 0 Å². The van der Waals surface area contributed by atoms with Crippen molar-refractivity contribution in [3.63, 3.8) is 0 Å². The van der Waals surface area contributed by atoms with Crippen LogP contribution in [0.15, 0.2) is 18.2 Å². The number of fused-ring (bicyclic) bond motifs is 1. The zero-order chi connectivity index (χ0) is 12.5. The van der Waals surface area contributed by atoms with Gasteiger partial charge in [-0.15, -0.1) is 0 Å². The highest BCUT2D eigenvalue weighted by Crippen LogP contribution is 2.40. The van der Waals surface area contributed by atoms with Crippen LogP contribution in [0.1, 0.15) is 24.5 Å². The Balaban J connectivity index is 1.83. The lowest BCUT2D eigenvalue weighted by molar-refractivity contribution is 0.0300. The fourth-order valence-electron chi connectivity index (χ4n) is 2.71. The molecular weight excluding hydrogens is 232 g/mol. The van der Waals surface area contributed by atoms with E-state index in [4.69, 9.17) is 14.2 Å². The number of hydrogen-bond donors (Lipinski definition) is 1. The molecule has 1 saturated heterocycles. The molecule has 1 fully saturated rings. The van der Waals surface area contributed by atoms with Crippen LogP contribution in [0.2, 0.25) is 0 Å². The van der Waals surface area contributed by atoms with Crippen LogP contribution in [0.5, 0.6) is 11.5 Å². The first-order valence-electron chi connectivity index (χ1n) is 6.38. The third kappa shape index (κ3) is 2.06. The molecule has 1 aromatic rings. The summed E-state index contributed by atoms with van der Waals surface area (Å²) in [6, 6.07) is 5.58. The van der Waals surface area contributed by atoms with Crippen LogP contribution in [-0.2, 0) is 4.74 Å². The van der Waals surface area contributed by atoms with Gasteiger partial charge in [-0.1, -0.05) is 0 Å². The topological polar surface area (TPSA) is 47.9 Å². The molecule has 18 heavy (non-hydrogen) atoms. The van der Waals surface area contributed by atoms with Crippen LogP contribution >= 0.6 is 0 Å². The number of methoxy groups -OCH3 is 1. The van der Waals surface area contributed by atoms with Crippen molar-refractivity contribution in [3.8, 4) is 11.5 Å². The third-order valence-electron chi connectivity index (χ3n) is 3.80. The van der Waals surface area contributed by atoms with E-state index in [9.17, 15) is 5.11 Å². The van der Waals surface area contributed by atoms with Crippen LogP contribution in [0, 0.1) is 5.92 Å². The second kappa shape index (κ2) is 4.78. The van der Waals surface area contributed by atoms with Crippen molar-refractivity contribution in [2.75, 3.05) is 20.3 Å². The number of aliphatic hydroxyl groups excluding tert-OH is 1. The van der Waals surface area contributed by atoms with Gasteiger partial charge in [0.25, 0.3) is 0 Å². The van der Waals surface area contributed by atoms with Gasteiger partial charge in [-0.05, 0) is 24.6 Å². The van der Waals surface area contributed by atoms with Gasteiger partial charge in [-0.2, -0.15) is 0 Å². The van der Waals surface area contributed by atoms with Crippen molar-refractivity contribution in [2.24, 2.45) is 5.92 Å². The molecule has 2 heterocycles. The minimum Gasteiger partial charge on any atom is -0.497 e. The molecule has 0 amide bonds. The highest BCUT2D eigenvalue weighted by atomic mass is 16.5. The van der Waals surface area contributed by atoms with E-state index >= 15 is 0 Å². The highest BCUT2D eigenvalue weighted by Gasteiger charge is 2.34. The first-order chi connectivity index (χ1) is 8.78. The molecule has 0 aromatic heterocycles. The normalized spacial score (nSPS) is 30.7. The maximum atomic E-state index is 10.2. The lowest BCUT2D eigenvalue weighted by atomic mass is 9.91. The van der Waals surface area contributed by atoms with Crippen molar-refractivity contribution < 1.29 is 19.3 Å². The fourth-order valence-corrected chi connectivity index (χ4v) is 2.71. The molecule has 0 aliphatic carbocycles. The van der Waals surface area contributed by atoms with Gasteiger partial charge in [0.05, 0.1) is 19.8 Å². The Kier molecular flexibility index (Phi) is 3.14. The summed E-state index contributed by atoms with van der Waals surface area (Å²) in [5.41, 5.74) is 0.824. The molecule has 2 aliphatic heterocycles. The Morgan fingerprint density at radius 1 is 1.39 bits per heavy atom. The number of rotatable bonds is 2. The average molecular weight is 250 g/mol. The van der Waals surface area contributed by atoms with Gasteiger partial charge in [0.15, 0.2) is 0 Å². The van der Waals surface area contributed by atoms with Crippen LogP contribution in [0.4, 0.5) is 0 Å². The van der Waals surface area contributed by atoms with E-state index in [1.807, 2.05) is 18.2 Å². The van der Waals surface area contributed by atoms with Gasteiger partial charge in [-0.3, -0.25) is 0 Å². The van der Waals surface area contributed by atoms with Crippen LogP contribution in [0.3, 0.4) is 0 Å². The highest BCUT2D eigenvalue weighted by molar-refractivity contribution is 5.43. The summed E-state index contributed by atoms with van der Waals surface area (Å²) in [6.07, 6.45) is 1.23. The number of benzene rings is 1. The molecule has 0 bridgehead atoms. The second-order valence-electron chi connectivity index (χ2n) is 4.94.